The fourth-order valence-electron chi connectivity index (χ4n) is 2.01. The molecule has 0 aliphatic heterocycles. The molecular formula is C17H16BrClO. The van der Waals surface area contributed by atoms with Crippen LogP contribution >= 0.6 is 27.5 Å². The molecule has 2 aromatic carbocycles. The summed E-state index contributed by atoms with van der Waals surface area (Å²) in [6.45, 7) is 4.31. The van der Waals surface area contributed by atoms with Crippen molar-refractivity contribution in [1.29, 1.82) is 0 Å². The molecule has 0 heterocycles. The van der Waals surface area contributed by atoms with E-state index in [4.69, 9.17) is 11.6 Å². The van der Waals surface area contributed by atoms with Gasteiger partial charge in [-0.25, -0.2) is 0 Å². The predicted octanol–water partition coefficient (Wildman–Crippen LogP) is 5.65. The van der Waals surface area contributed by atoms with Crippen LogP contribution < -0.4 is 0 Å². The van der Waals surface area contributed by atoms with Crippen molar-refractivity contribution >= 4 is 33.3 Å². The molecule has 104 valence electrons. The molecule has 0 aliphatic carbocycles. The molecule has 0 aromatic heterocycles. The third-order valence-corrected chi connectivity index (χ3v) is 4.06. The zero-order valence-electron chi connectivity index (χ0n) is 11.5. The van der Waals surface area contributed by atoms with Crippen molar-refractivity contribution in [2.24, 2.45) is 0 Å². The van der Waals surface area contributed by atoms with E-state index in [0.29, 0.717) is 22.9 Å². The van der Waals surface area contributed by atoms with E-state index in [1.807, 2.05) is 18.2 Å². The second kappa shape index (κ2) is 6.55. The summed E-state index contributed by atoms with van der Waals surface area (Å²) in [5.74, 6) is 0.535. The highest BCUT2D eigenvalue weighted by Crippen LogP contribution is 2.23. The second-order valence-corrected chi connectivity index (χ2v) is 6.44. The molecule has 2 rings (SSSR count). The minimum absolute atomic E-state index is 0.0357. The van der Waals surface area contributed by atoms with Gasteiger partial charge in [0, 0.05) is 16.5 Å². The fraction of sp³-hybridized carbons (Fsp3) is 0.235. The molecule has 20 heavy (non-hydrogen) atoms. The standard InChI is InChI=1S/C17H16BrClO/c1-11(2)13-5-3-12(4-6-13)9-17(20)15-10-14(18)7-8-16(15)19/h3-8,10-11H,9H2,1-2H3. The first-order valence-corrected chi connectivity index (χ1v) is 7.71. The van der Waals surface area contributed by atoms with E-state index < -0.39 is 0 Å². The first kappa shape index (κ1) is 15.3. The van der Waals surface area contributed by atoms with Gasteiger partial charge in [-0.1, -0.05) is 65.6 Å². The lowest BCUT2D eigenvalue weighted by Crippen LogP contribution is -2.04. The van der Waals surface area contributed by atoms with Crippen LogP contribution in [0.25, 0.3) is 0 Å². The first-order chi connectivity index (χ1) is 9.47. The van der Waals surface area contributed by atoms with Crippen LogP contribution in [0, 0.1) is 0 Å². The molecule has 2 aromatic rings. The third-order valence-electron chi connectivity index (χ3n) is 3.24. The van der Waals surface area contributed by atoms with E-state index in [-0.39, 0.29) is 5.78 Å². The van der Waals surface area contributed by atoms with Crippen LogP contribution in [0.1, 0.15) is 41.3 Å². The molecule has 1 nitrogen and oxygen atoms in total. The molecular weight excluding hydrogens is 336 g/mol. The number of hydrogen-bond acceptors (Lipinski definition) is 1. The van der Waals surface area contributed by atoms with Crippen molar-refractivity contribution in [1.82, 2.24) is 0 Å². The highest BCUT2D eigenvalue weighted by Gasteiger charge is 2.12. The summed E-state index contributed by atoms with van der Waals surface area (Å²) in [6, 6.07) is 13.5. The summed E-state index contributed by atoms with van der Waals surface area (Å²) >= 11 is 9.45. The molecule has 0 saturated carbocycles. The predicted molar refractivity (Wildman–Crippen MR) is 87.7 cm³/mol. The molecule has 0 radical (unpaired) electrons. The minimum Gasteiger partial charge on any atom is -0.294 e. The average molecular weight is 352 g/mol. The van der Waals surface area contributed by atoms with Gasteiger partial charge in [-0.3, -0.25) is 4.79 Å². The van der Waals surface area contributed by atoms with Gasteiger partial charge in [0.1, 0.15) is 0 Å². The molecule has 0 atom stereocenters. The van der Waals surface area contributed by atoms with E-state index in [2.05, 4.69) is 41.9 Å². The van der Waals surface area contributed by atoms with E-state index in [0.717, 1.165) is 10.0 Å². The summed E-state index contributed by atoms with van der Waals surface area (Å²) in [5.41, 5.74) is 2.85. The van der Waals surface area contributed by atoms with E-state index in [1.165, 1.54) is 5.56 Å². The van der Waals surface area contributed by atoms with Gasteiger partial charge in [0.15, 0.2) is 5.78 Å². The number of ketones is 1. The maximum Gasteiger partial charge on any atom is 0.168 e. The number of carbonyl (C=O) groups is 1. The van der Waals surface area contributed by atoms with Crippen LogP contribution in [0.4, 0.5) is 0 Å². The average Bonchev–Trinajstić information content (AvgIpc) is 2.42. The van der Waals surface area contributed by atoms with Crippen LogP contribution in [0.3, 0.4) is 0 Å². The second-order valence-electron chi connectivity index (χ2n) is 5.12. The Morgan fingerprint density at radius 2 is 1.80 bits per heavy atom. The fourth-order valence-corrected chi connectivity index (χ4v) is 2.60. The topological polar surface area (TPSA) is 17.1 Å². The molecule has 0 spiro atoms. The number of carbonyl (C=O) groups excluding carboxylic acids is 1. The highest BCUT2D eigenvalue weighted by molar-refractivity contribution is 9.10. The van der Waals surface area contributed by atoms with Gasteiger partial charge in [-0.2, -0.15) is 0 Å². The zero-order valence-corrected chi connectivity index (χ0v) is 13.8. The Balaban J connectivity index is 2.17. The van der Waals surface area contributed by atoms with Crippen molar-refractivity contribution in [2.45, 2.75) is 26.2 Å². The number of hydrogen-bond donors (Lipinski definition) is 0. The molecule has 0 aliphatic rings. The Labute approximate surface area is 133 Å². The normalized spacial score (nSPS) is 10.8. The number of benzene rings is 2. The number of Topliss-reactive ketones (excluding diaryl/α,β-unsaturated/α-hetero) is 1. The molecule has 0 N–H and O–H groups in total. The monoisotopic (exact) mass is 350 g/mol. The molecule has 0 fully saturated rings. The minimum atomic E-state index is 0.0357. The first-order valence-electron chi connectivity index (χ1n) is 6.54. The quantitative estimate of drug-likeness (QED) is 0.650. The molecule has 0 saturated heterocycles. The summed E-state index contributed by atoms with van der Waals surface area (Å²) in [5, 5.41) is 0.497. The van der Waals surface area contributed by atoms with Gasteiger partial charge >= 0.3 is 0 Å². The van der Waals surface area contributed by atoms with Crippen LogP contribution in [0.2, 0.25) is 5.02 Å². The van der Waals surface area contributed by atoms with Crippen LogP contribution in [0.5, 0.6) is 0 Å². The summed E-state index contributed by atoms with van der Waals surface area (Å²) in [7, 11) is 0. The van der Waals surface area contributed by atoms with Crippen LogP contribution in [-0.2, 0) is 6.42 Å². The Morgan fingerprint density at radius 3 is 2.40 bits per heavy atom. The lowest BCUT2D eigenvalue weighted by Gasteiger charge is -2.07. The lowest BCUT2D eigenvalue weighted by atomic mass is 9.98. The van der Waals surface area contributed by atoms with Gasteiger partial charge in [0.25, 0.3) is 0 Å². The summed E-state index contributed by atoms with van der Waals surface area (Å²) < 4.78 is 0.861. The Bertz CT molecular complexity index is 617. The maximum absolute atomic E-state index is 12.3. The van der Waals surface area contributed by atoms with Crippen molar-refractivity contribution in [3.8, 4) is 0 Å². The van der Waals surface area contributed by atoms with E-state index in [9.17, 15) is 4.79 Å². The SMILES string of the molecule is CC(C)c1ccc(CC(=O)c2cc(Br)ccc2Cl)cc1. The highest BCUT2D eigenvalue weighted by atomic mass is 79.9. The van der Waals surface area contributed by atoms with Gasteiger partial charge in [-0.15, -0.1) is 0 Å². The lowest BCUT2D eigenvalue weighted by molar-refractivity contribution is 0.0993. The molecule has 0 unspecified atom stereocenters. The Hall–Kier alpha value is -1.12. The smallest absolute Gasteiger partial charge is 0.168 e. The number of halogens is 2. The number of rotatable bonds is 4. The van der Waals surface area contributed by atoms with Gasteiger partial charge in [0.05, 0.1) is 5.02 Å². The largest absolute Gasteiger partial charge is 0.294 e. The molecule has 0 amide bonds. The van der Waals surface area contributed by atoms with Gasteiger partial charge in [-0.05, 0) is 35.2 Å². The summed E-state index contributed by atoms with van der Waals surface area (Å²) in [6.07, 6.45) is 0.370. The van der Waals surface area contributed by atoms with Crippen molar-refractivity contribution < 1.29 is 4.79 Å². The van der Waals surface area contributed by atoms with E-state index in [1.54, 1.807) is 12.1 Å². The maximum atomic E-state index is 12.3. The summed E-state index contributed by atoms with van der Waals surface area (Å²) in [4.78, 5) is 12.3. The van der Waals surface area contributed by atoms with Crippen molar-refractivity contribution in [3.63, 3.8) is 0 Å². The zero-order chi connectivity index (χ0) is 14.7. The van der Waals surface area contributed by atoms with E-state index >= 15 is 0 Å². The van der Waals surface area contributed by atoms with Gasteiger partial charge in [0.2, 0.25) is 0 Å². The van der Waals surface area contributed by atoms with Crippen molar-refractivity contribution in [2.75, 3.05) is 0 Å². The van der Waals surface area contributed by atoms with Gasteiger partial charge < -0.3 is 0 Å². The molecule has 3 heteroatoms. The Kier molecular flexibility index (Phi) is 5.00. The van der Waals surface area contributed by atoms with Crippen LogP contribution in [0.15, 0.2) is 46.9 Å². The third kappa shape index (κ3) is 3.71. The Morgan fingerprint density at radius 1 is 1.15 bits per heavy atom. The molecule has 0 bridgehead atoms. The van der Waals surface area contributed by atoms with Crippen molar-refractivity contribution in [3.05, 3.63) is 68.7 Å². The van der Waals surface area contributed by atoms with Crippen LogP contribution in [-0.4, -0.2) is 5.78 Å².